The molecule has 0 atom stereocenters. The van der Waals surface area contributed by atoms with Crippen molar-refractivity contribution in [2.45, 2.75) is 129 Å². The molecule has 0 unspecified atom stereocenters. The van der Waals surface area contributed by atoms with E-state index in [9.17, 15) is 0 Å². The Balaban J connectivity index is 1.10. The molecule has 1 aromatic heterocycles. The topological polar surface area (TPSA) is 34.2 Å². The van der Waals surface area contributed by atoms with E-state index in [-0.39, 0.29) is 0 Å². The molecule has 3 nitrogen and oxygen atoms in total. The van der Waals surface area contributed by atoms with Crippen molar-refractivity contribution in [3.05, 3.63) is 84.9 Å². The second-order valence-corrected chi connectivity index (χ2v) is 14.0. The Morgan fingerprint density at radius 2 is 0.694 bits per heavy atom. The SMILES string of the molecule is CCCCCCCCCCCOc1ccc(-c2ccc3[nH]c4ccc(-c5ccc(OCCCCCCCCCCC)cc5)cc4c3c2)cc1. The second-order valence-electron chi connectivity index (χ2n) is 14.0. The van der Waals surface area contributed by atoms with Gasteiger partial charge in [-0.15, -0.1) is 0 Å². The summed E-state index contributed by atoms with van der Waals surface area (Å²) in [6.07, 6.45) is 24.0. The van der Waals surface area contributed by atoms with Crippen LogP contribution in [-0.4, -0.2) is 18.2 Å². The number of hydrogen-bond donors (Lipinski definition) is 1. The highest BCUT2D eigenvalue weighted by molar-refractivity contribution is 6.09. The van der Waals surface area contributed by atoms with E-state index in [1.54, 1.807) is 0 Å². The van der Waals surface area contributed by atoms with Crippen LogP contribution in [0.2, 0.25) is 0 Å². The first-order valence-electron chi connectivity index (χ1n) is 19.8. The maximum absolute atomic E-state index is 6.07. The molecule has 0 aliphatic heterocycles. The molecular formula is C46H61NO2. The van der Waals surface area contributed by atoms with Crippen molar-refractivity contribution in [3.63, 3.8) is 0 Å². The molecule has 5 aromatic rings. The van der Waals surface area contributed by atoms with Gasteiger partial charge in [-0.25, -0.2) is 0 Å². The number of rotatable bonds is 24. The molecule has 0 fully saturated rings. The van der Waals surface area contributed by atoms with Gasteiger partial charge in [0.2, 0.25) is 0 Å². The fraction of sp³-hybridized carbons (Fsp3) is 0.478. The zero-order chi connectivity index (χ0) is 33.9. The predicted octanol–water partition coefficient (Wildman–Crippen LogP) is 14.5. The third-order valence-corrected chi connectivity index (χ3v) is 10.0. The molecule has 1 N–H and O–H groups in total. The number of fused-ring (bicyclic) bond motifs is 3. The lowest BCUT2D eigenvalue weighted by atomic mass is 10.00. The molecule has 0 bridgehead atoms. The zero-order valence-corrected chi connectivity index (χ0v) is 30.5. The van der Waals surface area contributed by atoms with Crippen molar-refractivity contribution in [2.24, 2.45) is 0 Å². The minimum atomic E-state index is 0.800. The summed E-state index contributed by atoms with van der Waals surface area (Å²) in [5.41, 5.74) is 7.19. The van der Waals surface area contributed by atoms with Crippen LogP contribution in [0.4, 0.5) is 0 Å². The van der Waals surface area contributed by atoms with Crippen LogP contribution in [0, 0.1) is 0 Å². The Labute approximate surface area is 296 Å². The standard InChI is InChI=1S/C46H61NO2/c1-3-5-7-9-11-13-15-17-19-33-48-41-27-21-37(22-28-41)39-25-31-45-43(35-39)44-36-40(26-32-46(44)47-45)38-23-29-42(30-24-38)49-34-20-18-16-14-12-10-8-6-4-2/h21-32,35-36,47H,3-20,33-34H2,1-2H3. The van der Waals surface area contributed by atoms with E-state index in [1.807, 2.05) is 0 Å². The first kappa shape index (κ1) is 36.6. The number of unbranched alkanes of at least 4 members (excludes halogenated alkanes) is 16. The number of aromatic amines is 1. The van der Waals surface area contributed by atoms with Crippen molar-refractivity contribution in [1.82, 2.24) is 4.98 Å². The second kappa shape index (κ2) is 20.7. The van der Waals surface area contributed by atoms with Gasteiger partial charge in [0.15, 0.2) is 0 Å². The van der Waals surface area contributed by atoms with Crippen molar-refractivity contribution >= 4 is 21.8 Å². The number of ether oxygens (including phenoxy) is 2. The quantitative estimate of drug-likeness (QED) is 0.0669. The van der Waals surface area contributed by atoms with E-state index in [4.69, 9.17) is 9.47 Å². The summed E-state index contributed by atoms with van der Waals surface area (Å²) in [6, 6.07) is 30.7. The Morgan fingerprint density at radius 1 is 0.367 bits per heavy atom. The molecule has 0 aliphatic carbocycles. The molecule has 262 valence electrons. The van der Waals surface area contributed by atoms with Crippen molar-refractivity contribution in [3.8, 4) is 33.8 Å². The van der Waals surface area contributed by atoms with Gasteiger partial charge in [-0.05, 0) is 83.6 Å². The number of aromatic nitrogens is 1. The van der Waals surface area contributed by atoms with Gasteiger partial charge in [-0.3, -0.25) is 0 Å². The average molecular weight is 660 g/mol. The van der Waals surface area contributed by atoms with Gasteiger partial charge in [0.05, 0.1) is 13.2 Å². The first-order valence-corrected chi connectivity index (χ1v) is 19.8. The molecule has 3 heteroatoms. The fourth-order valence-corrected chi connectivity index (χ4v) is 6.95. The first-order chi connectivity index (χ1) is 24.2. The predicted molar refractivity (Wildman–Crippen MR) is 212 cm³/mol. The summed E-state index contributed by atoms with van der Waals surface area (Å²) < 4.78 is 12.1. The van der Waals surface area contributed by atoms with Crippen LogP contribution in [-0.2, 0) is 0 Å². The van der Waals surface area contributed by atoms with Crippen LogP contribution < -0.4 is 9.47 Å². The number of nitrogens with one attached hydrogen (secondary N) is 1. The average Bonchev–Trinajstić information content (AvgIpc) is 3.51. The van der Waals surface area contributed by atoms with Crippen LogP contribution in [0.25, 0.3) is 44.1 Å². The van der Waals surface area contributed by atoms with Gasteiger partial charge < -0.3 is 14.5 Å². The highest BCUT2D eigenvalue weighted by Crippen LogP contribution is 2.34. The Hall–Kier alpha value is -3.72. The Bertz CT molecular complexity index is 1510. The molecule has 0 saturated carbocycles. The summed E-state index contributed by atoms with van der Waals surface area (Å²) in [6.45, 7) is 6.16. The zero-order valence-electron chi connectivity index (χ0n) is 30.5. The van der Waals surface area contributed by atoms with Crippen molar-refractivity contribution < 1.29 is 9.47 Å². The van der Waals surface area contributed by atoms with Gasteiger partial charge in [0.1, 0.15) is 11.5 Å². The summed E-state index contributed by atoms with van der Waals surface area (Å²) in [7, 11) is 0. The maximum Gasteiger partial charge on any atom is 0.119 e. The monoisotopic (exact) mass is 659 g/mol. The van der Waals surface area contributed by atoms with Gasteiger partial charge in [0.25, 0.3) is 0 Å². The summed E-state index contributed by atoms with van der Waals surface area (Å²) in [5, 5.41) is 2.50. The molecule has 0 radical (unpaired) electrons. The van der Waals surface area contributed by atoms with E-state index < -0.39 is 0 Å². The van der Waals surface area contributed by atoms with Gasteiger partial charge in [-0.2, -0.15) is 0 Å². The summed E-state index contributed by atoms with van der Waals surface area (Å²) >= 11 is 0. The summed E-state index contributed by atoms with van der Waals surface area (Å²) in [5.74, 6) is 1.92. The Kier molecular flexibility index (Phi) is 15.5. The molecule has 1 heterocycles. The molecule has 4 aromatic carbocycles. The number of benzene rings is 4. The fourth-order valence-electron chi connectivity index (χ4n) is 6.95. The number of hydrogen-bond acceptors (Lipinski definition) is 2. The third kappa shape index (κ3) is 11.7. The highest BCUT2D eigenvalue weighted by Gasteiger charge is 2.09. The smallest absolute Gasteiger partial charge is 0.119 e. The van der Waals surface area contributed by atoms with Crippen LogP contribution in [0.1, 0.15) is 129 Å². The molecule has 5 rings (SSSR count). The van der Waals surface area contributed by atoms with E-state index in [1.165, 1.54) is 136 Å². The molecule has 0 amide bonds. The van der Waals surface area contributed by atoms with E-state index in [0.717, 1.165) is 48.6 Å². The Morgan fingerprint density at radius 3 is 1.06 bits per heavy atom. The molecular weight excluding hydrogens is 599 g/mol. The summed E-state index contributed by atoms with van der Waals surface area (Å²) in [4.78, 5) is 3.62. The third-order valence-electron chi connectivity index (χ3n) is 10.0. The van der Waals surface area contributed by atoms with Crippen LogP contribution >= 0.6 is 0 Å². The molecule has 0 spiro atoms. The number of H-pyrrole nitrogens is 1. The molecule has 0 aliphatic rings. The van der Waals surface area contributed by atoms with Crippen molar-refractivity contribution in [2.75, 3.05) is 13.2 Å². The van der Waals surface area contributed by atoms with Gasteiger partial charge >= 0.3 is 0 Å². The lowest BCUT2D eigenvalue weighted by Gasteiger charge is -2.08. The van der Waals surface area contributed by atoms with Gasteiger partial charge in [-0.1, -0.05) is 153 Å². The van der Waals surface area contributed by atoms with E-state index in [2.05, 4.69) is 104 Å². The largest absolute Gasteiger partial charge is 0.494 e. The van der Waals surface area contributed by atoms with Crippen molar-refractivity contribution in [1.29, 1.82) is 0 Å². The normalized spacial score (nSPS) is 11.5. The molecule has 0 saturated heterocycles. The van der Waals surface area contributed by atoms with Crippen LogP contribution in [0.5, 0.6) is 11.5 Å². The lowest BCUT2D eigenvalue weighted by molar-refractivity contribution is 0.304. The molecule has 49 heavy (non-hydrogen) atoms. The van der Waals surface area contributed by atoms with Gasteiger partial charge in [0, 0.05) is 21.8 Å². The minimum Gasteiger partial charge on any atom is -0.494 e. The maximum atomic E-state index is 6.07. The van der Waals surface area contributed by atoms with Crippen LogP contribution in [0.15, 0.2) is 84.9 Å². The van der Waals surface area contributed by atoms with E-state index in [0.29, 0.717) is 0 Å². The minimum absolute atomic E-state index is 0.800. The highest BCUT2D eigenvalue weighted by atomic mass is 16.5. The van der Waals surface area contributed by atoms with E-state index >= 15 is 0 Å². The van der Waals surface area contributed by atoms with Crippen LogP contribution in [0.3, 0.4) is 0 Å². The lowest BCUT2D eigenvalue weighted by Crippen LogP contribution is -1.97.